The highest BCUT2D eigenvalue weighted by molar-refractivity contribution is 5.58. The van der Waals surface area contributed by atoms with Crippen LogP contribution in [0.3, 0.4) is 0 Å². The summed E-state index contributed by atoms with van der Waals surface area (Å²) in [5.74, 6) is 0.554. The molecule has 2 heterocycles. The molecule has 5 heteroatoms. The van der Waals surface area contributed by atoms with Gasteiger partial charge in [-0.1, -0.05) is 18.2 Å². The van der Waals surface area contributed by atoms with Gasteiger partial charge in [0.15, 0.2) is 0 Å². The molecule has 0 bridgehead atoms. The smallest absolute Gasteiger partial charge is 0.227 e. The van der Waals surface area contributed by atoms with Gasteiger partial charge in [-0.2, -0.15) is 0 Å². The third-order valence-electron chi connectivity index (χ3n) is 2.54. The monoisotopic (exact) mass is 249 g/mol. The van der Waals surface area contributed by atoms with Gasteiger partial charge in [0.05, 0.1) is 11.9 Å². The Balaban J connectivity index is 1.80. The van der Waals surface area contributed by atoms with Crippen LogP contribution in [0.2, 0.25) is 0 Å². The molecule has 3 rings (SSSR count). The van der Waals surface area contributed by atoms with E-state index in [2.05, 4.69) is 25.3 Å². The van der Waals surface area contributed by atoms with E-state index in [1.54, 1.807) is 31.0 Å². The summed E-state index contributed by atoms with van der Waals surface area (Å²) in [5.41, 5.74) is 2.55. The second kappa shape index (κ2) is 5.22. The standard InChI is InChI=1S/C14H11N5/c1-2-4-12(5-3-1)19-14-17-8-11(9-18-14)13-10-15-6-7-16-13/h1-10H,(H,17,18,19). The Morgan fingerprint density at radius 3 is 2.26 bits per heavy atom. The van der Waals surface area contributed by atoms with Crippen LogP contribution in [0.5, 0.6) is 0 Å². The van der Waals surface area contributed by atoms with Gasteiger partial charge in [0, 0.05) is 36.0 Å². The largest absolute Gasteiger partial charge is 0.324 e. The molecule has 1 aromatic carbocycles. The number of nitrogens with one attached hydrogen (secondary N) is 1. The van der Waals surface area contributed by atoms with Crippen molar-refractivity contribution in [2.75, 3.05) is 5.32 Å². The Morgan fingerprint density at radius 2 is 1.58 bits per heavy atom. The summed E-state index contributed by atoms with van der Waals surface area (Å²) in [5, 5.41) is 3.12. The number of hydrogen-bond donors (Lipinski definition) is 1. The average molecular weight is 249 g/mol. The number of aromatic nitrogens is 4. The van der Waals surface area contributed by atoms with E-state index in [0.717, 1.165) is 16.9 Å². The van der Waals surface area contributed by atoms with Crippen LogP contribution in [-0.4, -0.2) is 19.9 Å². The molecule has 0 amide bonds. The van der Waals surface area contributed by atoms with E-state index in [4.69, 9.17) is 0 Å². The van der Waals surface area contributed by atoms with Gasteiger partial charge in [0.2, 0.25) is 5.95 Å². The van der Waals surface area contributed by atoms with Crippen LogP contribution < -0.4 is 5.32 Å². The van der Waals surface area contributed by atoms with Crippen molar-refractivity contribution in [1.82, 2.24) is 19.9 Å². The normalized spacial score (nSPS) is 10.1. The zero-order valence-corrected chi connectivity index (χ0v) is 10.1. The predicted molar refractivity (Wildman–Crippen MR) is 72.8 cm³/mol. The van der Waals surface area contributed by atoms with Crippen LogP contribution in [0.15, 0.2) is 61.3 Å². The first-order valence-electron chi connectivity index (χ1n) is 5.82. The zero-order chi connectivity index (χ0) is 12.9. The second-order valence-corrected chi connectivity index (χ2v) is 3.88. The molecule has 0 atom stereocenters. The molecule has 0 aliphatic heterocycles. The maximum Gasteiger partial charge on any atom is 0.227 e. The van der Waals surface area contributed by atoms with Crippen molar-refractivity contribution in [3.8, 4) is 11.3 Å². The Kier molecular flexibility index (Phi) is 3.10. The van der Waals surface area contributed by atoms with Crippen molar-refractivity contribution in [2.24, 2.45) is 0 Å². The third kappa shape index (κ3) is 2.71. The summed E-state index contributed by atoms with van der Waals surface area (Å²) in [6.07, 6.45) is 8.41. The van der Waals surface area contributed by atoms with Gasteiger partial charge >= 0.3 is 0 Å². The highest BCUT2D eigenvalue weighted by Gasteiger charge is 2.01. The topological polar surface area (TPSA) is 63.6 Å². The van der Waals surface area contributed by atoms with Gasteiger partial charge in [-0.3, -0.25) is 9.97 Å². The highest BCUT2D eigenvalue weighted by Crippen LogP contribution is 2.16. The Labute approximate surface area is 110 Å². The molecular weight excluding hydrogens is 238 g/mol. The fourth-order valence-electron chi connectivity index (χ4n) is 1.62. The lowest BCUT2D eigenvalue weighted by Gasteiger charge is -2.04. The predicted octanol–water partition coefficient (Wildman–Crippen LogP) is 2.68. The van der Waals surface area contributed by atoms with Gasteiger partial charge in [0.25, 0.3) is 0 Å². The van der Waals surface area contributed by atoms with E-state index in [1.807, 2.05) is 30.3 Å². The molecule has 19 heavy (non-hydrogen) atoms. The summed E-state index contributed by atoms with van der Waals surface area (Å²) in [6, 6.07) is 9.79. The van der Waals surface area contributed by atoms with Crippen LogP contribution in [0.4, 0.5) is 11.6 Å². The van der Waals surface area contributed by atoms with E-state index >= 15 is 0 Å². The van der Waals surface area contributed by atoms with Crippen LogP contribution >= 0.6 is 0 Å². The van der Waals surface area contributed by atoms with Gasteiger partial charge < -0.3 is 5.32 Å². The molecule has 3 aromatic rings. The quantitative estimate of drug-likeness (QED) is 0.773. The van der Waals surface area contributed by atoms with Gasteiger partial charge in [-0.25, -0.2) is 9.97 Å². The first kappa shape index (κ1) is 11.3. The Bertz CT molecular complexity index is 638. The fourth-order valence-corrected chi connectivity index (χ4v) is 1.62. The van der Waals surface area contributed by atoms with Crippen LogP contribution in [0.25, 0.3) is 11.3 Å². The van der Waals surface area contributed by atoms with Crippen molar-refractivity contribution in [3.05, 3.63) is 61.3 Å². The van der Waals surface area contributed by atoms with Crippen molar-refractivity contribution >= 4 is 11.6 Å². The van der Waals surface area contributed by atoms with E-state index in [9.17, 15) is 0 Å². The summed E-state index contributed by atoms with van der Waals surface area (Å²) >= 11 is 0. The highest BCUT2D eigenvalue weighted by atomic mass is 15.1. The molecule has 0 saturated heterocycles. The van der Waals surface area contributed by atoms with Crippen molar-refractivity contribution in [3.63, 3.8) is 0 Å². The minimum atomic E-state index is 0.554. The molecule has 5 nitrogen and oxygen atoms in total. The average Bonchev–Trinajstić information content (AvgIpc) is 2.50. The van der Waals surface area contributed by atoms with Crippen molar-refractivity contribution in [2.45, 2.75) is 0 Å². The molecule has 0 aliphatic carbocycles. The van der Waals surface area contributed by atoms with E-state index in [1.165, 1.54) is 0 Å². The summed E-state index contributed by atoms with van der Waals surface area (Å²) in [4.78, 5) is 16.7. The Hall–Kier alpha value is -2.82. The maximum absolute atomic E-state index is 4.26. The molecule has 0 aliphatic rings. The lowest BCUT2D eigenvalue weighted by Crippen LogP contribution is -1.97. The van der Waals surface area contributed by atoms with E-state index in [0.29, 0.717) is 5.95 Å². The molecule has 2 aromatic heterocycles. The summed E-state index contributed by atoms with van der Waals surface area (Å²) < 4.78 is 0. The van der Waals surface area contributed by atoms with Gasteiger partial charge in [-0.05, 0) is 12.1 Å². The minimum absolute atomic E-state index is 0.554. The molecular formula is C14H11N5. The SMILES string of the molecule is c1ccc(Nc2ncc(-c3cnccn3)cn2)cc1. The number of rotatable bonds is 3. The molecule has 0 radical (unpaired) electrons. The fraction of sp³-hybridized carbons (Fsp3) is 0. The van der Waals surface area contributed by atoms with E-state index < -0.39 is 0 Å². The first-order valence-corrected chi connectivity index (χ1v) is 5.82. The number of para-hydroxylation sites is 1. The number of nitrogens with zero attached hydrogens (tertiary/aromatic N) is 4. The minimum Gasteiger partial charge on any atom is -0.324 e. The molecule has 0 unspecified atom stereocenters. The molecule has 1 N–H and O–H groups in total. The van der Waals surface area contributed by atoms with Crippen LogP contribution in [0.1, 0.15) is 0 Å². The van der Waals surface area contributed by atoms with E-state index in [-0.39, 0.29) is 0 Å². The number of benzene rings is 1. The molecule has 0 saturated carbocycles. The van der Waals surface area contributed by atoms with Gasteiger partial charge in [-0.15, -0.1) is 0 Å². The molecule has 0 fully saturated rings. The summed E-state index contributed by atoms with van der Waals surface area (Å²) in [7, 11) is 0. The third-order valence-corrected chi connectivity index (χ3v) is 2.54. The number of anilines is 2. The first-order chi connectivity index (χ1) is 9.42. The number of hydrogen-bond acceptors (Lipinski definition) is 5. The molecule has 92 valence electrons. The van der Waals surface area contributed by atoms with Crippen molar-refractivity contribution in [1.29, 1.82) is 0 Å². The van der Waals surface area contributed by atoms with Gasteiger partial charge in [0.1, 0.15) is 0 Å². The lowest BCUT2D eigenvalue weighted by molar-refractivity contribution is 1.14. The second-order valence-electron chi connectivity index (χ2n) is 3.88. The van der Waals surface area contributed by atoms with Crippen LogP contribution in [0, 0.1) is 0 Å². The van der Waals surface area contributed by atoms with Crippen molar-refractivity contribution < 1.29 is 0 Å². The summed E-state index contributed by atoms with van der Waals surface area (Å²) in [6.45, 7) is 0. The Morgan fingerprint density at radius 1 is 0.789 bits per heavy atom. The van der Waals surface area contributed by atoms with Crippen LogP contribution in [-0.2, 0) is 0 Å². The maximum atomic E-state index is 4.26. The zero-order valence-electron chi connectivity index (χ0n) is 10.1. The molecule has 0 spiro atoms. The lowest BCUT2D eigenvalue weighted by atomic mass is 10.2.